The Morgan fingerprint density at radius 3 is 2.77 bits per heavy atom. The molecule has 2 aliphatic heterocycles. The van der Waals surface area contributed by atoms with E-state index in [1.807, 2.05) is 26.0 Å². The topological polar surface area (TPSA) is 101 Å². The van der Waals surface area contributed by atoms with Gasteiger partial charge in [0.1, 0.15) is 17.5 Å². The minimum Gasteiger partial charge on any atom is -0.367 e. The molecule has 1 amide bonds. The number of thioether (sulfide) groups is 1. The number of nitrogens with one attached hydrogen (secondary N) is 1. The van der Waals surface area contributed by atoms with Crippen molar-refractivity contribution in [3.8, 4) is 6.07 Å². The van der Waals surface area contributed by atoms with Gasteiger partial charge in [0.2, 0.25) is 0 Å². The quantitative estimate of drug-likeness (QED) is 0.561. The molecule has 0 bridgehead atoms. The summed E-state index contributed by atoms with van der Waals surface area (Å²) in [7, 11) is 0. The fourth-order valence-corrected chi connectivity index (χ4v) is 6.02. The third kappa shape index (κ3) is 4.35. The number of aliphatic imine (C=N–C) groups is 1. The zero-order chi connectivity index (χ0) is 24.6. The summed E-state index contributed by atoms with van der Waals surface area (Å²) in [5.74, 6) is -0.303. The van der Waals surface area contributed by atoms with Crippen LogP contribution in [0.5, 0.6) is 0 Å². The van der Waals surface area contributed by atoms with E-state index in [9.17, 15) is 10.1 Å². The lowest BCUT2D eigenvalue weighted by atomic mass is 9.72. The summed E-state index contributed by atoms with van der Waals surface area (Å²) in [6, 6.07) is 17.0. The third-order valence-corrected chi connectivity index (χ3v) is 7.65. The molecule has 1 saturated heterocycles. The van der Waals surface area contributed by atoms with Crippen molar-refractivity contribution in [1.29, 1.82) is 5.26 Å². The number of amides is 1. The molecule has 35 heavy (non-hydrogen) atoms. The number of hydrogen-bond acceptors (Lipinski definition) is 7. The van der Waals surface area contributed by atoms with E-state index in [2.05, 4.69) is 16.5 Å². The molecule has 3 aromatic rings. The van der Waals surface area contributed by atoms with Crippen molar-refractivity contribution in [2.75, 3.05) is 6.61 Å². The smallest absolute Gasteiger partial charge is 0.257 e. The lowest BCUT2D eigenvalue weighted by Crippen LogP contribution is -2.52. The van der Waals surface area contributed by atoms with E-state index in [0.29, 0.717) is 28.5 Å². The van der Waals surface area contributed by atoms with E-state index in [0.717, 1.165) is 5.69 Å². The van der Waals surface area contributed by atoms with Crippen LogP contribution in [0.1, 0.15) is 52.4 Å². The predicted molar refractivity (Wildman–Crippen MR) is 129 cm³/mol. The molecule has 3 heterocycles. The highest BCUT2D eigenvalue weighted by molar-refractivity contribution is 8.14. The van der Waals surface area contributed by atoms with Crippen LogP contribution in [-0.2, 0) is 10.3 Å². The molecule has 2 aromatic carbocycles. The Labute approximate surface area is 206 Å². The molecule has 1 N–H and O–H groups in total. The zero-order valence-corrected chi connectivity index (χ0v) is 20.0. The van der Waals surface area contributed by atoms with Crippen molar-refractivity contribution >= 4 is 22.8 Å². The van der Waals surface area contributed by atoms with E-state index < -0.39 is 11.4 Å². The number of aryl methyl sites for hydroxylation is 1. The van der Waals surface area contributed by atoms with Crippen molar-refractivity contribution in [3.63, 3.8) is 0 Å². The summed E-state index contributed by atoms with van der Waals surface area (Å²) in [6.07, 6.45) is 0.165. The van der Waals surface area contributed by atoms with Gasteiger partial charge in [0, 0.05) is 28.4 Å². The van der Waals surface area contributed by atoms with Gasteiger partial charge in [0.25, 0.3) is 5.91 Å². The van der Waals surface area contributed by atoms with Crippen molar-refractivity contribution in [2.45, 2.75) is 37.2 Å². The molecular weight excluding hydrogens is 467 g/mol. The van der Waals surface area contributed by atoms with Gasteiger partial charge in [-0.1, -0.05) is 42.0 Å². The van der Waals surface area contributed by atoms with Gasteiger partial charge in [-0.15, -0.1) is 0 Å². The maximum atomic E-state index is 15.3. The Bertz CT molecular complexity index is 1340. The molecule has 0 unspecified atom stereocenters. The van der Waals surface area contributed by atoms with Gasteiger partial charge in [-0.3, -0.25) is 4.79 Å². The summed E-state index contributed by atoms with van der Waals surface area (Å²) < 4.78 is 27.0. The summed E-state index contributed by atoms with van der Waals surface area (Å²) in [6.45, 7) is 3.94. The van der Waals surface area contributed by atoms with Gasteiger partial charge in [0.15, 0.2) is 10.9 Å². The number of rotatable bonds is 3. The largest absolute Gasteiger partial charge is 0.367 e. The number of hydrogen-bond donors (Lipinski definition) is 1. The Hall–Kier alpha value is -3.48. The number of nitriles is 1. The first-order chi connectivity index (χ1) is 16.9. The maximum Gasteiger partial charge on any atom is 0.257 e. The Morgan fingerprint density at radius 1 is 1.26 bits per heavy atom. The molecule has 178 valence electrons. The monoisotopic (exact) mass is 490 g/mol. The third-order valence-electron chi connectivity index (χ3n) is 6.53. The molecule has 0 aliphatic carbocycles. The van der Waals surface area contributed by atoms with Crippen LogP contribution in [0.25, 0.3) is 0 Å². The van der Waals surface area contributed by atoms with Gasteiger partial charge in [-0.2, -0.15) is 5.26 Å². The highest BCUT2D eigenvalue weighted by Gasteiger charge is 2.53. The van der Waals surface area contributed by atoms with Crippen LogP contribution in [0, 0.1) is 30.0 Å². The number of benzene rings is 2. The van der Waals surface area contributed by atoms with E-state index in [1.54, 1.807) is 24.3 Å². The van der Waals surface area contributed by atoms with Crippen LogP contribution in [0.2, 0.25) is 0 Å². The zero-order valence-electron chi connectivity index (χ0n) is 19.2. The first-order valence-electron chi connectivity index (χ1n) is 11.3. The van der Waals surface area contributed by atoms with Crippen LogP contribution >= 0.6 is 11.8 Å². The molecule has 9 heteroatoms. The molecule has 4 atom stereocenters. The summed E-state index contributed by atoms with van der Waals surface area (Å²) in [5.41, 5.74) is 0.749. The number of nitrogens with zero attached hydrogens (tertiary/aromatic N) is 3. The van der Waals surface area contributed by atoms with Gasteiger partial charge >= 0.3 is 0 Å². The van der Waals surface area contributed by atoms with E-state index in [1.165, 1.54) is 30.0 Å². The normalized spacial score (nSPS) is 25.8. The molecule has 1 aromatic heterocycles. The van der Waals surface area contributed by atoms with Gasteiger partial charge in [-0.05, 0) is 43.7 Å². The second kappa shape index (κ2) is 9.29. The van der Waals surface area contributed by atoms with Crippen molar-refractivity contribution in [3.05, 3.63) is 88.6 Å². The number of ether oxygens (including phenoxy) is 1. The van der Waals surface area contributed by atoms with Crippen LogP contribution < -0.4 is 5.32 Å². The summed E-state index contributed by atoms with van der Waals surface area (Å²) in [4.78, 5) is 17.8. The first-order valence-corrected chi connectivity index (χ1v) is 12.2. The van der Waals surface area contributed by atoms with E-state index in [-0.39, 0.29) is 35.3 Å². The molecule has 0 saturated carbocycles. The Morgan fingerprint density at radius 2 is 2.06 bits per heavy atom. The molecule has 1 fully saturated rings. The second-order valence-corrected chi connectivity index (χ2v) is 10.2. The highest BCUT2D eigenvalue weighted by Crippen LogP contribution is 2.52. The van der Waals surface area contributed by atoms with Crippen LogP contribution in [0.15, 0.2) is 64.1 Å². The van der Waals surface area contributed by atoms with Gasteiger partial charge in [0.05, 0.1) is 23.9 Å². The van der Waals surface area contributed by atoms with Crippen molar-refractivity contribution < 1.29 is 18.4 Å². The van der Waals surface area contributed by atoms with Crippen molar-refractivity contribution in [2.24, 2.45) is 10.9 Å². The summed E-state index contributed by atoms with van der Waals surface area (Å²) >= 11 is 1.44. The van der Waals surface area contributed by atoms with E-state index in [4.69, 9.17) is 14.3 Å². The molecule has 0 spiro atoms. The number of halogens is 1. The Kier molecular flexibility index (Phi) is 6.17. The van der Waals surface area contributed by atoms with Crippen LogP contribution in [-0.4, -0.2) is 28.1 Å². The lowest BCUT2D eigenvalue weighted by Gasteiger charge is -2.48. The SMILES string of the molecule is Cc1cc([C@H]2C[C@H]3[C@@H](C)SC(NC(=O)c4ccccc4)=N[C@@]3(c3cc(C#N)ccc3F)CO2)on1. The molecule has 2 aliphatic rings. The number of aromatic nitrogens is 1. The standard InChI is InChI=1S/C26H23FN4O3S/c1-15-10-23(34-31-15)22-12-19-16(2)35-25(29-24(32)18-6-4-3-5-7-18)30-26(19,14-33-22)20-11-17(13-28)8-9-21(20)27/h3-11,16,19,22H,12,14H2,1-2H3,(H,29,30,32)/t16-,19+,22-,26+/m1/s1. The molecule has 0 radical (unpaired) electrons. The number of fused-ring (bicyclic) bond motifs is 1. The van der Waals surface area contributed by atoms with Crippen molar-refractivity contribution in [1.82, 2.24) is 10.5 Å². The van der Waals surface area contributed by atoms with Gasteiger partial charge < -0.3 is 14.6 Å². The first kappa shape index (κ1) is 23.3. The van der Waals surface area contributed by atoms with Gasteiger partial charge in [-0.25, -0.2) is 9.38 Å². The maximum absolute atomic E-state index is 15.3. The Balaban J connectivity index is 1.56. The minimum absolute atomic E-state index is 0.0425. The predicted octanol–water partition coefficient (Wildman–Crippen LogP) is 4.89. The molecule has 7 nitrogen and oxygen atoms in total. The molecule has 5 rings (SSSR count). The summed E-state index contributed by atoms with van der Waals surface area (Å²) in [5, 5.41) is 16.7. The minimum atomic E-state index is -1.12. The second-order valence-electron chi connectivity index (χ2n) is 8.80. The fourth-order valence-electron chi connectivity index (χ4n) is 4.80. The molecular formula is C26H23FN4O3S. The number of carbonyl (C=O) groups excluding carboxylic acids is 1. The van der Waals surface area contributed by atoms with E-state index >= 15 is 4.39 Å². The average Bonchev–Trinajstić information content (AvgIpc) is 3.30. The number of carbonyl (C=O) groups is 1. The average molecular weight is 491 g/mol. The fraction of sp³-hybridized carbons (Fsp3) is 0.308. The van der Waals surface area contributed by atoms with Crippen LogP contribution in [0.3, 0.4) is 0 Å². The lowest BCUT2D eigenvalue weighted by molar-refractivity contribution is -0.0745. The van der Waals surface area contributed by atoms with Crippen LogP contribution in [0.4, 0.5) is 4.39 Å². The number of amidine groups is 1. The highest BCUT2D eigenvalue weighted by atomic mass is 32.2.